The predicted octanol–water partition coefficient (Wildman–Crippen LogP) is 1.97. The highest BCUT2D eigenvalue weighted by Gasteiger charge is 2.33. The number of nitrogens with zero attached hydrogens (tertiary/aromatic N) is 3. The Balaban J connectivity index is 1.77. The van der Waals surface area contributed by atoms with Crippen molar-refractivity contribution in [3.63, 3.8) is 0 Å². The summed E-state index contributed by atoms with van der Waals surface area (Å²) in [5, 5.41) is 3.18. The third kappa shape index (κ3) is 6.39. The second-order valence-corrected chi connectivity index (χ2v) is 7.97. The van der Waals surface area contributed by atoms with Crippen LogP contribution < -0.4 is 5.32 Å². The van der Waals surface area contributed by atoms with Gasteiger partial charge in [-0.05, 0) is 18.9 Å². The third-order valence-electron chi connectivity index (χ3n) is 5.71. The molecule has 160 valence electrons. The number of pyridine rings is 1. The van der Waals surface area contributed by atoms with Crippen LogP contribution in [0.25, 0.3) is 0 Å². The normalized spacial score (nSPS) is 19.5. The summed E-state index contributed by atoms with van der Waals surface area (Å²) in [4.78, 5) is 34.1. The van der Waals surface area contributed by atoms with Gasteiger partial charge in [0, 0.05) is 50.2 Å². The van der Waals surface area contributed by atoms with Gasteiger partial charge in [-0.1, -0.05) is 25.3 Å². The number of carbonyl (C=O) groups excluding carboxylic acids is 2. The smallest absolute Gasteiger partial charge is 0.247 e. The molecule has 8 heteroatoms. The van der Waals surface area contributed by atoms with E-state index in [9.17, 15) is 9.59 Å². The topological polar surface area (TPSA) is 74.8 Å². The van der Waals surface area contributed by atoms with Crippen LogP contribution in [0.4, 0.5) is 0 Å². The quantitative estimate of drug-likeness (QED) is 0.648. The van der Waals surface area contributed by atoms with Crippen molar-refractivity contribution < 1.29 is 14.3 Å². The van der Waals surface area contributed by atoms with Crippen LogP contribution in [0.2, 0.25) is 0 Å². The van der Waals surface area contributed by atoms with E-state index >= 15 is 0 Å². The summed E-state index contributed by atoms with van der Waals surface area (Å²) in [6.07, 6.45) is 8.78. The highest BCUT2D eigenvalue weighted by Crippen LogP contribution is 2.24. The fraction of sp³-hybridized carbons (Fsp3) is 0.667. The molecular formula is C21H31ClN4O3. The van der Waals surface area contributed by atoms with E-state index in [0.717, 1.165) is 38.8 Å². The molecule has 7 nitrogen and oxygen atoms in total. The van der Waals surface area contributed by atoms with Crippen molar-refractivity contribution in [2.45, 2.75) is 44.2 Å². The van der Waals surface area contributed by atoms with Crippen LogP contribution in [0.5, 0.6) is 0 Å². The van der Waals surface area contributed by atoms with Gasteiger partial charge in [0.25, 0.3) is 0 Å². The lowest BCUT2D eigenvalue weighted by Crippen LogP contribution is -2.50. The van der Waals surface area contributed by atoms with E-state index in [2.05, 4.69) is 15.2 Å². The van der Waals surface area contributed by atoms with Crippen molar-refractivity contribution in [2.24, 2.45) is 0 Å². The number of hydrogen-bond acceptors (Lipinski definition) is 5. The first-order valence-electron chi connectivity index (χ1n) is 10.5. The minimum absolute atomic E-state index is 0.148. The number of hydrogen-bond donors (Lipinski definition) is 1. The molecule has 3 rings (SSSR count). The van der Waals surface area contributed by atoms with Gasteiger partial charge in [0.05, 0.1) is 13.2 Å². The van der Waals surface area contributed by atoms with Gasteiger partial charge in [-0.3, -0.25) is 19.5 Å². The van der Waals surface area contributed by atoms with Crippen molar-refractivity contribution in [3.8, 4) is 0 Å². The van der Waals surface area contributed by atoms with Crippen molar-refractivity contribution in [1.82, 2.24) is 20.1 Å². The molecule has 1 saturated carbocycles. The lowest BCUT2D eigenvalue weighted by Gasteiger charge is -2.35. The summed E-state index contributed by atoms with van der Waals surface area (Å²) in [6.45, 7) is 4.15. The summed E-state index contributed by atoms with van der Waals surface area (Å²) >= 11 is 5.92. The molecule has 1 saturated heterocycles. The van der Waals surface area contributed by atoms with E-state index in [1.54, 1.807) is 23.4 Å². The van der Waals surface area contributed by atoms with E-state index in [4.69, 9.17) is 16.3 Å². The van der Waals surface area contributed by atoms with E-state index in [1.807, 2.05) is 6.07 Å². The molecule has 2 heterocycles. The Kier molecular flexibility index (Phi) is 8.70. The molecule has 29 heavy (non-hydrogen) atoms. The van der Waals surface area contributed by atoms with E-state index in [-0.39, 0.29) is 23.7 Å². The molecule has 1 aliphatic heterocycles. The second-order valence-electron chi connectivity index (χ2n) is 7.71. The standard InChI is InChI=1S/C21H31ClN4O3/c22-15-19(27)26(10-9-25-11-13-29-14-12-25)20(17-5-4-8-23-16-17)21(28)24-18-6-2-1-3-7-18/h4-5,8,16,18,20H,1-3,6-7,9-15H2,(H,24,28). The maximum atomic E-state index is 13.3. The molecule has 1 unspecified atom stereocenters. The Hall–Kier alpha value is -1.70. The summed E-state index contributed by atoms with van der Waals surface area (Å²) in [5.41, 5.74) is 0.709. The van der Waals surface area contributed by atoms with Gasteiger partial charge in [-0.15, -0.1) is 11.6 Å². The highest BCUT2D eigenvalue weighted by atomic mass is 35.5. The van der Waals surface area contributed by atoms with E-state index in [0.29, 0.717) is 31.9 Å². The van der Waals surface area contributed by atoms with Crippen LogP contribution in [0.3, 0.4) is 0 Å². The minimum Gasteiger partial charge on any atom is -0.379 e. The second kappa shape index (κ2) is 11.5. The first kappa shape index (κ1) is 22.0. The van der Waals surface area contributed by atoms with Crippen LogP contribution in [0, 0.1) is 0 Å². The van der Waals surface area contributed by atoms with Crippen LogP contribution in [0.15, 0.2) is 24.5 Å². The summed E-state index contributed by atoms with van der Waals surface area (Å²) in [7, 11) is 0. The average molecular weight is 423 g/mol. The zero-order chi connectivity index (χ0) is 20.5. The molecule has 1 aliphatic carbocycles. The Morgan fingerprint density at radius 3 is 2.69 bits per heavy atom. The van der Waals surface area contributed by atoms with Gasteiger partial charge in [-0.2, -0.15) is 0 Å². The van der Waals surface area contributed by atoms with Crippen molar-refractivity contribution in [1.29, 1.82) is 0 Å². The number of rotatable bonds is 8. The fourth-order valence-corrected chi connectivity index (χ4v) is 4.24. The molecule has 0 aromatic carbocycles. The number of alkyl halides is 1. The first-order chi connectivity index (χ1) is 14.2. The van der Waals surface area contributed by atoms with Crippen LogP contribution in [-0.2, 0) is 14.3 Å². The van der Waals surface area contributed by atoms with Crippen LogP contribution in [0.1, 0.15) is 43.7 Å². The number of morpholine rings is 1. The maximum absolute atomic E-state index is 13.3. The van der Waals surface area contributed by atoms with Gasteiger partial charge in [-0.25, -0.2) is 0 Å². The molecular weight excluding hydrogens is 392 g/mol. The molecule has 1 aromatic heterocycles. The minimum atomic E-state index is -0.724. The predicted molar refractivity (Wildman–Crippen MR) is 112 cm³/mol. The molecule has 1 N–H and O–H groups in total. The van der Waals surface area contributed by atoms with Gasteiger partial charge in [0.15, 0.2) is 0 Å². The molecule has 2 fully saturated rings. The number of nitrogens with one attached hydrogen (secondary N) is 1. The number of halogens is 1. The highest BCUT2D eigenvalue weighted by molar-refractivity contribution is 6.27. The summed E-state index contributed by atoms with van der Waals surface area (Å²) < 4.78 is 5.40. The van der Waals surface area contributed by atoms with Gasteiger partial charge >= 0.3 is 0 Å². The van der Waals surface area contributed by atoms with Crippen molar-refractivity contribution >= 4 is 23.4 Å². The lowest BCUT2D eigenvalue weighted by atomic mass is 9.95. The largest absolute Gasteiger partial charge is 0.379 e. The van der Waals surface area contributed by atoms with Crippen LogP contribution >= 0.6 is 11.6 Å². The molecule has 0 bridgehead atoms. The number of ether oxygens (including phenoxy) is 1. The van der Waals surface area contributed by atoms with E-state index < -0.39 is 6.04 Å². The zero-order valence-corrected chi connectivity index (χ0v) is 17.6. The SMILES string of the molecule is O=C(NC1CCCCC1)C(c1cccnc1)N(CCN1CCOCC1)C(=O)CCl. The van der Waals surface area contributed by atoms with Gasteiger partial charge in [0.1, 0.15) is 11.9 Å². The van der Waals surface area contributed by atoms with Crippen LogP contribution in [-0.4, -0.2) is 77.9 Å². The number of aromatic nitrogens is 1. The molecule has 0 radical (unpaired) electrons. The van der Waals surface area contributed by atoms with Gasteiger partial charge in [0.2, 0.25) is 11.8 Å². The summed E-state index contributed by atoms with van der Waals surface area (Å²) in [6, 6.07) is 3.09. The zero-order valence-electron chi connectivity index (χ0n) is 16.9. The molecule has 1 aromatic rings. The number of carbonyl (C=O) groups is 2. The van der Waals surface area contributed by atoms with Crippen molar-refractivity contribution in [2.75, 3.05) is 45.3 Å². The average Bonchev–Trinajstić information content (AvgIpc) is 2.78. The first-order valence-corrected chi connectivity index (χ1v) is 11.1. The molecule has 2 amide bonds. The fourth-order valence-electron chi connectivity index (χ4n) is 4.09. The lowest BCUT2D eigenvalue weighted by molar-refractivity contribution is -0.140. The molecule has 0 spiro atoms. The Morgan fingerprint density at radius 1 is 1.28 bits per heavy atom. The van der Waals surface area contributed by atoms with E-state index in [1.165, 1.54) is 6.42 Å². The Morgan fingerprint density at radius 2 is 2.03 bits per heavy atom. The van der Waals surface area contributed by atoms with Gasteiger partial charge < -0.3 is 15.0 Å². The molecule has 1 atom stereocenters. The molecule has 2 aliphatic rings. The maximum Gasteiger partial charge on any atom is 0.247 e. The third-order valence-corrected chi connectivity index (χ3v) is 5.94. The number of amides is 2. The Bertz CT molecular complexity index is 649. The summed E-state index contributed by atoms with van der Waals surface area (Å²) in [5.74, 6) is -0.547. The monoisotopic (exact) mass is 422 g/mol. The van der Waals surface area contributed by atoms with Crippen molar-refractivity contribution in [3.05, 3.63) is 30.1 Å². The Labute approximate surface area is 177 Å².